The minimum Gasteiger partial charge on any atom is -0.302 e. The number of aromatic nitrogens is 2. The average Bonchev–Trinajstić information content (AvgIpc) is 2.47. The second kappa shape index (κ2) is 6.51. The zero-order valence-electron chi connectivity index (χ0n) is 12.7. The van der Waals surface area contributed by atoms with Crippen LogP contribution in [0.25, 0.3) is 11.0 Å². The molecule has 2 aromatic rings. The Kier molecular flexibility index (Phi) is 4.70. The fourth-order valence-electron chi connectivity index (χ4n) is 2.35. The third-order valence-electron chi connectivity index (χ3n) is 3.51. The van der Waals surface area contributed by atoms with Crippen LogP contribution in [0.1, 0.15) is 26.7 Å². The number of hydrogen-bond acceptors (Lipinski definition) is 4. The minimum absolute atomic E-state index is 0.0447. The minimum atomic E-state index is -0.663. The zero-order chi connectivity index (χ0) is 16.3. The Morgan fingerprint density at radius 1 is 0.818 bits per heavy atom. The van der Waals surface area contributed by atoms with Gasteiger partial charge in [-0.2, -0.15) is 0 Å². The lowest BCUT2D eigenvalue weighted by atomic mass is 10.2. The highest BCUT2D eigenvalue weighted by molar-refractivity contribution is 5.78. The van der Waals surface area contributed by atoms with Gasteiger partial charge in [-0.25, -0.2) is 0 Å². The van der Waals surface area contributed by atoms with Gasteiger partial charge in [-0.05, 0) is 26.0 Å². The van der Waals surface area contributed by atoms with Crippen LogP contribution < -0.4 is 11.1 Å². The molecule has 0 saturated heterocycles. The van der Waals surface area contributed by atoms with Gasteiger partial charge in [0.2, 0.25) is 0 Å². The first-order valence-electron chi connectivity index (χ1n) is 7.13. The Hall–Kier alpha value is -2.50. The summed E-state index contributed by atoms with van der Waals surface area (Å²) in [6.07, 6.45) is 0.390. The number of ketones is 2. The molecule has 0 aliphatic rings. The molecule has 0 spiro atoms. The van der Waals surface area contributed by atoms with Crippen LogP contribution in [-0.2, 0) is 22.7 Å². The van der Waals surface area contributed by atoms with E-state index in [1.807, 2.05) is 0 Å². The molecule has 0 aliphatic heterocycles. The molecule has 6 heteroatoms. The van der Waals surface area contributed by atoms with Gasteiger partial charge in [0.15, 0.2) is 0 Å². The summed E-state index contributed by atoms with van der Waals surface area (Å²) in [7, 11) is 0. The molecule has 0 radical (unpaired) electrons. The first-order chi connectivity index (χ1) is 10.4. The number of benzene rings is 1. The van der Waals surface area contributed by atoms with Crippen molar-refractivity contribution in [2.75, 3.05) is 0 Å². The Morgan fingerprint density at radius 2 is 1.18 bits per heavy atom. The van der Waals surface area contributed by atoms with Crippen molar-refractivity contribution in [3.8, 4) is 0 Å². The lowest BCUT2D eigenvalue weighted by Gasteiger charge is -2.14. The molecule has 2 rings (SSSR count). The number of Topliss-reactive ketones (excluding diaryl/α,β-unsaturated/α-hetero) is 2. The van der Waals surface area contributed by atoms with Crippen molar-refractivity contribution in [2.45, 2.75) is 39.8 Å². The van der Waals surface area contributed by atoms with E-state index in [1.165, 1.54) is 23.0 Å². The van der Waals surface area contributed by atoms with Gasteiger partial charge >= 0.3 is 11.1 Å². The van der Waals surface area contributed by atoms with Crippen molar-refractivity contribution >= 4 is 22.6 Å². The van der Waals surface area contributed by atoms with Gasteiger partial charge in [-0.15, -0.1) is 0 Å². The van der Waals surface area contributed by atoms with Crippen molar-refractivity contribution in [3.05, 3.63) is 45.0 Å². The second-order valence-corrected chi connectivity index (χ2v) is 5.31. The predicted molar refractivity (Wildman–Crippen MR) is 83.1 cm³/mol. The smallest absolute Gasteiger partial charge is 0.302 e. The van der Waals surface area contributed by atoms with Crippen LogP contribution >= 0.6 is 0 Å². The molecule has 0 bridgehead atoms. The summed E-state index contributed by atoms with van der Waals surface area (Å²) in [5, 5.41) is 0. The Bertz CT molecular complexity index is 775. The molecule has 0 N–H and O–H groups in total. The molecular weight excluding hydrogens is 284 g/mol. The molecule has 0 fully saturated rings. The van der Waals surface area contributed by atoms with Crippen molar-refractivity contribution in [3.63, 3.8) is 0 Å². The van der Waals surface area contributed by atoms with Gasteiger partial charge in [0.25, 0.3) is 0 Å². The van der Waals surface area contributed by atoms with Crippen LogP contribution in [0.4, 0.5) is 0 Å². The van der Waals surface area contributed by atoms with Gasteiger partial charge in [-0.1, -0.05) is 12.1 Å². The zero-order valence-corrected chi connectivity index (χ0v) is 12.7. The molecule has 0 atom stereocenters. The van der Waals surface area contributed by atoms with E-state index >= 15 is 0 Å². The molecular formula is C16H18N2O4. The molecule has 0 amide bonds. The molecule has 116 valence electrons. The van der Waals surface area contributed by atoms with Crippen LogP contribution in [0, 0.1) is 0 Å². The lowest BCUT2D eigenvalue weighted by molar-refractivity contribution is -0.118. The van der Waals surface area contributed by atoms with Gasteiger partial charge in [0.05, 0.1) is 11.0 Å². The quantitative estimate of drug-likeness (QED) is 0.749. The van der Waals surface area contributed by atoms with E-state index in [-0.39, 0.29) is 37.5 Å². The maximum atomic E-state index is 12.3. The molecule has 1 heterocycles. The fourth-order valence-corrected chi connectivity index (χ4v) is 2.35. The third kappa shape index (κ3) is 3.21. The lowest BCUT2D eigenvalue weighted by Crippen LogP contribution is -2.42. The van der Waals surface area contributed by atoms with E-state index < -0.39 is 11.1 Å². The topological polar surface area (TPSA) is 78.1 Å². The Balaban J connectivity index is 2.64. The first-order valence-corrected chi connectivity index (χ1v) is 7.13. The Morgan fingerprint density at radius 3 is 1.50 bits per heavy atom. The number of carbonyl (C=O) groups excluding carboxylic acids is 2. The number of para-hydroxylation sites is 2. The summed E-state index contributed by atoms with van der Waals surface area (Å²) in [5.41, 5.74) is -0.138. The molecule has 22 heavy (non-hydrogen) atoms. The van der Waals surface area contributed by atoms with E-state index in [0.29, 0.717) is 11.0 Å². The number of aryl methyl sites for hydroxylation is 2. The highest BCUT2D eigenvalue weighted by atomic mass is 16.2. The van der Waals surface area contributed by atoms with Crippen molar-refractivity contribution in [1.29, 1.82) is 0 Å². The van der Waals surface area contributed by atoms with Crippen LogP contribution in [0.3, 0.4) is 0 Å². The highest BCUT2D eigenvalue weighted by Gasteiger charge is 2.13. The summed E-state index contributed by atoms with van der Waals surface area (Å²) >= 11 is 0. The van der Waals surface area contributed by atoms with Crippen LogP contribution in [-0.4, -0.2) is 20.7 Å². The van der Waals surface area contributed by atoms with Gasteiger partial charge in [0.1, 0.15) is 11.6 Å². The van der Waals surface area contributed by atoms with E-state index in [9.17, 15) is 19.2 Å². The molecule has 0 saturated carbocycles. The normalized spacial score (nSPS) is 10.8. The van der Waals surface area contributed by atoms with E-state index in [2.05, 4.69) is 0 Å². The largest absolute Gasteiger partial charge is 0.316 e. The maximum Gasteiger partial charge on any atom is 0.316 e. The standard InChI is InChI=1S/C16H18N2O4/c1-11(19)7-9-17-13-5-3-4-6-14(13)18(10-8-12(2)20)16(22)15(17)21/h3-6H,7-10H2,1-2H3. The van der Waals surface area contributed by atoms with Crippen molar-refractivity contribution in [2.24, 2.45) is 0 Å². The SMILES string of the molecule is CC(=O)CCn1c(=O)c(=O)n(CCC(C)=O)c2ccccc21. The van der Waals surface area contributed by atoms with E-state index in [4.69, 9.17) is 0 Å². The van der Waals surface area contributed by atoms with Crippen molar-refractivity contribution < 1.29 is 9.59 Å². The molecule has 0 aliphatic carbocycles. The summed E-state index contributed by atoms with van der Waals surface area (Å²) in [5.74, 6) is -0.0894. The second-order valence-electron chi connectivity index (χ2n) is 5.31. The van der Waals surface area contributed by atoms with Gasteiger partial charge < -0.3 is 9.13 Å². The average molecular weight is 302 g/mol. The predicted octanol–water partition coefficient (Wildman–Crippen LogP) is 1.12. The van der Waals surface area contributed by atoms with E-state index in [0.717, 1.165) is 0 Å². The Labute approximate surface area is 127 Å². The molecule has 1 aromatic carbocycles. The molecule has 1 aromatic heterocycles. The fraction of sp³-hybridized carbons (Fsp3) is 0.375. The van der Waals surface area contributed by atoms with Crippen molar-refractivity contribution in [1.82, 2.24) is 9.13 Å². The van der Waals surface area contributed by atoms with Crippen LogP contribution in [0.5, 0.6) is 0 Å². The van der Waals surface area contributed by atoms with Gasteiger partial charge in [-0.3, -0.25) is 19.2 Å². The number of fused-ring (bicyclic) bond motifs is 1. The summed E-state index contributed by atoms with van der Waals surface area (Å²) in [6, 6.07) is 7.01. The van der Waals surface area contributed by atoms with E-state index in [1.54, 1.807) is 24.3 Å². The summed E-state index contributed by atoms with van der Waals surface area (Å²) < 4.78 is 2.67. The number of rotatable bonds is 6. The molecule has 0 unspecified atom stereocenters. The number of carbonyl (C=O) groups is 2. The molecule has 6 nitrogen and oxygen atoms in total. The first kappa shape index (κ1) is 15.9. The van der Waals surface area contributed by atoms with Crippen LogP contribution in [0.15, 0.2) is 33.9 Å². The summed E-state index contributed by atoms with van der Waals surface area (Å²) in [6.45, 7) is 3.25. The maximum absolute atomic E-state index is 12.3. The number of hydrogen-bond donors (Lipinski definition) is 0. The highest BCUT2D eigenvalue weighted by Crippen LogP contribution is 2.11. The van der Waals surface area contributed by atoms with Gasteiger partial charge in [0, 0.05) is 25.9 Å². The third-order valence-corrected chi connectivity index (χ3v) is 3.51. The monoisotopic (exact) mass is 302 g/mol. The van der Waals surface area contributed by atoms with Crippen LogP contribution in [0.2, 0.25) is 0 Å². The number of nitrogens with zero attached hydrogens (tertiary/aromatic N) is 2. The summed E-state index contributed by atoms with van der Waals surface area (Å²) in [4.78, 5) is 46.9.